The van der Waals surface area contributed by atoms with Crippen molar-refractivity contribution >= 4 is 0 Å². The van der Waals surface area contributed by atoms with Crippen molar-refractivity contribution in [3.8, 4) is 0 Å². The van der Waals surface area contributed by atoms with Gasteiger partial charge in [0.15, 0.2) is 0 Å². The van der Waals surface area contributed by atoms with E-state index in [0.29, 0.717) is 0 Å². The van der Waals surface area contributed by atoms with Crippen molar-refractivity contribution < 1.29 is 0 Å². The molecular weight excluding hydrogens is 184 g/mol. The fourth-order valence-electron chi connectivity index (χ4n) is 2.14. The first-order valence-electron chi connectivity index (χ1n) is 6.02. The van der Waals surface area contributed by atoms with Crippen molar-refractivity contribution in [3.63, 3.8) is 0 Å². The van der Waals surface area contributed by atoms with Crippen molar-refractivity contribution in [2.75, 3.05) is 6.54 Å². The van der Waals surface area contributed by atoms with Crippen molar-refractivity contribution in [3.05, 3.63) is 30.1 Å². The van der Waals surface area contributed by atoms with Gasteiger partial charge in [-0.15, -0.1) is 0 Å². The predicted octanol–water partition coefficient (Wildman–Crippen LogP) is 2.40. The van der Waals surface area contributed by atoms with Crippen LogP contribution in [0.25, 0.3) is 0 Å². The second kappa shape index (κ2) is 5.26. The molecule has 1 aliphatic carbocycles. The lowest BCUT2D eigenvalue weighted by Gasteiger charge is -2.03. The molecule has 2 unspecified atom stereocenters. The average molecular weight is 204 g/mol. The van der Waals surface area contributed by atoms with Crippen LogP contribution in [0.15, 0.2) is 24.5 Å². The summed E-state index contributed by atoms with van der Waals surface area (Å²) < 4.78 is 0. The van der Waals surface area contributed by atoms with Gasteiger partial charge in [-0.3, -0.25) is 4.98 Å². The molecule has 0 radical (unpaired) electrons. The van der Waals surface area contributed by atoms with E-state index in [2.05, 4.69) is 23.3 Å². The van der Waals surface area contributed by atoms with E-state index in [-0.39, 0.29) is 0 Å². The van der Waals surface area contributed by atoms with Gasteiger partial charge in [0.05, 0.1) is 0 Å². The van der Waals surface area contributed by atoms with Gasteiger partial charge >= 0.3 is 0 Å². The molecule has 2 nitrogen and oxygen atoms in total. The predicted molar refractivity (Wildman–Crippen MR) is 62.7 cm³/mol. The van der Waals surface area contributed by atoms with E-state index in [1.807, 2.05) is 18.5 Å². The molecule has 82 valence electrons. The molecule has 1 N–H and O–H groups in total. The maximum atomic E-state index is 4.11. The third kappa shape index (κ3) is 3.31. The van der Waals surface area contributed by atoms with E-state index >= 15 is 0 Å². The Balaban J connectivity index is 1.60. The van der Waals surface area contributed by atoms with Crippen LogP contribution in [0.1, 0.15) is 31.7 Å². The van der Waals surface area contributed by atoms with E-state index in [1.165, 1.54) is 24.8 Å². The number of pyridine rings is 1. The lowest BCUT2D eigenvalue weighted by molar-refractivity contribution is 0.600. The molecule has 0 aliphatic heterocycles. The average Bonchev–Trinajstić information content (AvgIpc) is 2.99. The number of aromatic nitrogens is 1. The lowest BCUT2D eigenvalue weighted by atomic mass is 10.2. The van der Waals surface area contributed by atoms with E-state index in [1.54, 1.807) is 0 Å². The van der Waals surface area contributed by atoms with Gasteiger partial charge in [-0.1, -0.05) is 19.4 Å². The standard InChI is InChI=1S/C13H20N2/c1-2-4-12-9-13(12)15-8-6-11-5-3-7-14-10-11/h3,5,7,10,12-13,15H,2,4,6,8-9H2,1H3. The fraction of sp³-hybridized carbons (Fsp3) is 0.615. The summed E-state index contributed by atoms with van der Waals surface area (Å²) in [7, 11) is 0. The quantitative estimate of drug-likeness (QED) is 0.769. The highest BCUT2D eigenvalue weighted by molar-refractivity contribution is 5.09. The molecule has 1 fully saturated rings. The Morgan fingerprint density at radius 3 is 3.20 bits per heavy atom. The van der Waals surface area contributed by atoms with Gasteiger partial charge < -0.3 is 5.32 Å². The van der Waals surface area contributed by atoms with Gasteiger partial charge in [0, 0.05) is 18.4 Å². The molecule has 1 saturated carbocycles. The number of rotatable bonds is 6. The summed E-state index contributed by atoms with van der Waals surface area (Å²) in [6.07, 6.45) is 8.99. The van der Waals surface area contributed by atoms with Crippen LogP contribution in [0, 0.1) is 5.92 Å². The summed E-state index contributed by atoms with van der Waals surface area (Å²) in [5.41, 5.74) is 1.33. The Morgan fingerprint density at radius 1 is 1.53 bits per heavy atom. The highest BCUT2D eigenvalue weighted by Gasteiger charge is 2.34. The lowest BCUT2D eigenvalue weighted by Crippen LogP contribution is -2.21. The summed E-state index contributed by atoms with van der Waals surface area (Å²) >= 11 is 0. The number of hydrogen-bond donors (Lipinski definition) is 1. The van der Waals surface area contributed by atoms with Crippen LogP contribution >= 0.6 is 0 Å². The SMILES string of the molecule is CCCC1CC1NCCc1cccnc1. The van der Waals surface area contributed by atoms with Crippen molar-refractivity contribution in [1.82, 2.24) is 10.3 Å². The topological polar surface area (TPSA) is 24.9 Å². The van der Waals surface area contributed by atoms with Crippen LogP contribution in [0.3, 0.4) is 0 Å². The van der Waals surface area contributed by atoms with Gasteiger partial charge in [-0.25, -0.2) is 0 Å². The van der Waals surface area contributed by atoms with Gasteiger partial charge in [0.25, 0.3) is 0 Å². The van der Waals surface area contributed by atoms with Crippen molar-refractivity contribution in [2.24, 2.45) is 5.92 Å². The Kier molecular flexibility index (Phi) is 3.73. The molecule has 0 bridgehead atoms. The van der Waals surface area contributed by atoms with Crippen LogP contribution in [-0.4, -0.2) is 17.6 Å². The molecule has 2 heteroatoms. The molecule has 1 aromatic heterocycles. The first-order valence-corrected chi connectivity index (χ1v) is 6.02. The Labute approximate surface area is 92.1 Å². The summed E-state index contributed by atoms with van der Waals surface area (Å²) in [5.74, 6) is 0.962. The molecule has 0 aromatic carbocycles. The Hall–Kier alpha value is -0.890. The smallest absolute Gasteiger partial charge is 0.0300 e. The maximum absolute atomic E-state index is 4.11. The molecule has 0 amide bonds. The molecule has 2 rings (SSSR count). The zero-order valence-electron chi connectivity index (χ0n) is 9.45. The molecule has 2 atom stereocenters. The zero-order valence-corrected chi connectivity index (χ0v) is 9.45. The molecular formula is C13H20N2. The third-order valence-electron chi connectivity index (χ3n) is 3.13. The van der Waals surface area contributed by atoms with Crippen LogP contribution in [-0.2, 0) is 6.42 Å². The molecule has 1 aromatic rings. The summed E-state index contributed by atoms with van der Waals surface area (Å²) in [6, 6.07) is 4.96. The maximum Gasteiger partial charge on any atom is 0.0300 e. The van der Waals surface area contributed by atoms with E-state index in [0.717, 1.165) is 24.9 Å². The van der Waals surface area contributed by atoms with E-state index in [9.17, 15) is 0 Å². The number of hydrogen-bond acceptors (Lipinski definition) is 2. The molecule has 0 spiro atoms. The minimum absolute atomic E-state index is 0.807. The fourth-order valence-corrected chi connectivity index (χ4v) is 2.14. The minimum atomic E-state index is 0.807. The van der Waals surface area contributed by atoms with Crippen LogP contribution < -0.4 is 5.32 Å². The first kappa shape index (κ1) is 10.6. The van der Waals surface area contributed by atoms with Crippen LogP contribution in [0.2, 0.25) is 0 Å². The zero-order chi connectivity index (χ0) is 10.5. The second-order valence-electron chi connectivity index (χ2n) is 4.46. The highest BCUT2D eigenvalue weighted by Crippen LogP contribution is 2.34. The molecule has 1 aliphatic rings. The van der Waals surface area contributed by atoms with Gasteiger partial charge in [0.2, 0.25) is 0 Å². The third-order valence-corrected chi connectivity index (χ3v) is 3.13. The largest absolute Gasteiger partial charge is 0.313 e. The summed E-state index contributed by atoms with van der Waals surface area (Å²) in [6.45, 7) is 3.36. The number of nitrogens with zero attached hydrogens (tertiary/aromatic N) is 1. The normalized spacial score (nSPS) is 24.1. The Morgan fingerprint density at radius 2 is 2.47 bits per heavy atom. The summed E-state index contributed by atoms with van der Waals surface area (Å²) in [5, 5.41) is 3.61. The van der Waals surface area contributed by atoms with Gasteiger partial charge in [-0.2, -0.15) is 0 Å². The van der Waals surface area contributed by atoms with Gasteiger partial charge in [-0.05, 0) is 43.4 Å². The van der Waals surface area contributed by atoms with E-state index < -0.39 is 0 Å². The minimum Gasteiger partial charge on any atom is -0.313 e. The number of nitrogens with one attached hydrogen (secondary N) is 1. The second-order valence-corrected chi connectivity index (χ2v) is 4.46. The monoisotopic (exact) mass is 204 g/mol. The van der Waals surface area contributed by atoms with Crippen LogP contribution in [0.4, 0.5) is 0 Å². The molecule has 0 saturated heterocycles. The Bertz CT molecular complexity index is 284. The van der Waals surface area contributed by atoms with Crippen LogP contribution in [0.5, 0.6) is 0 Å². The summed E-state index contributed by atoms with van der Waals surface area (Å²) in [4.78, 5) is 4.11. The van der Waals surface area contributed by atoms with Crippen molar-refractivity contribution in [2.45, 2.75) is 38.6 Å². The van der Waals surface area contributed by atoms with Gasteiger partial charge in [0.1, 0.15) is 0 Å². The molecule has 1 heterocycles. The first-order chi connectivity index (χ1) is 7.40. The van der Waals surface area contributed by atoms with E-state index in [4.69, 9.17) is 0 Å². The molecule has 15 heavy (non-hydrogen) atoms. The van der Waals surface area contributed by atoms with Crippen molar-refractivity contribution in [1.29, 1.82) is 0 Å². The highest BCUT2D eigenvalue weighted by atomic mass is 15.0.